The second-order valence-corrected chi connectivity index (χ2v) is 6.84. The first-order valence-electron chi connectivity index (χ1n) is 7.75. The van der Waals surface area contributed by atoms with E-state index in [1.54, 1.807) is 0 Å². The fraction of sp³-hybridized carbons (Fsp3) is 1.00. The predicted molar refractivity (Wildman–Crippen MR) is 79.3 cm³/mol. The van der Waals surface area contributed by atoms with Gasteiger partial charge in [-0.3, -0.25) is 4.90 Å². The zero-order valence-electron chi connectivity index (χ0n) is 13.1. The average molecular weight is 269 g/mol. The third-order valence-electron chi connectivity index (χ3n) is 5.04. The van der Waals surface area contributed by atoms with Gasteiger partial charge in [0.1, 0.15) is 0 Å². The molecule has 2 saturated heterocycles. The average Bonchev–Trinajstić information content (AvgIpc) is 2.38. The van der Waals surface area contributed by atoms with E-state index in [1.165, 1.54) is 0 Å². The van der Waals surface area contributed by atoms with Gasteiger partial charge in [0.15, 0.2) is 0 Å². The van der Waals surface area contributed by atoms with E-state index in [2.05, 4.69) is 37.6 Å². The molecule has 4 nitrogen and oxygen atoms in total. The third-order valence-corrected chi connectivity index (χ3v) is 5.04. The molecule has 0 aromatic carbocycles. The second kappa shape index (κ2) is 6.08. The van der Waals surface area contributed by atoms with Gasteiger partial charge in [0.25, 0.3) is 0 Å². The molecule has 2 N–H and O–H groups in total. The zero-order chi connectivity index (χ0) is 14.0. The minimum Gasteiger partial charge on any atom is -0.378 e. The summed E-state index contributed by atoms with van der Waals surface area (Å²) in [7, 11) is 2.21. The van der Waals surface area contributed by atoms with E-state index in [0.29, 0.717) is 18.1 Å². The second-order valence-electron chi connectivity index (χ2n) is 6.84. The van der Waals surface area contributed by atoms with Gasteiger partial charge in [-0.15, -0.1) is 0 Å². The van der Waals surface area contributed by atoms with Gasteiger partial charge in [-0.1, -0.05) is 13.8 Å². The maximum Gasteiger partial charge on any atom is 0.0616 e. The molecule has 0 spiro atoms. The van der Waals surface area contributed by atoms with Crippen LogP contribution in [-0.4, -0.2) is 67.3 Å². The van der Waals surface area contributed by atoms with Crippen molar-refractivity contribution in [2.24, 2.45) is 11.7 Å². The van der Waals surface area contributed by atoms with Crippen molar-refractivity contribution in [1.29, 1.82) is 0 Å². The Balaban J connectivity index is 2.12. The van der Waals surface area contributed by atoms with Crippen molar-refractivity contribution in [2.45, 2.75) is 51.3 Å². The minimum absolute atomic E-state index is 0.161. The molecular weight excluding hydrogens is 238 g/mol. The summed E-state index contributed by atoms with van der Waals surface area (Å²) in [6.45, 7) is 11.9. The largest absolute Gasteiger partial charge is 0.378 e. The normalized spacial score (nSPS) is 38.8. The summed E-state index contributed by atoms with van der Waals surface area (Å²) in [5.41, 5.74) is 6.38. The van der Waals surface area contributed by atoms with Crippen molar-refractivity contribution in [3.8, 4) is 0 Å². The van der Waals surface area contributed by atoms with Crippen LogP contribution in [0.25, 0.3) is 0 Å². The molecule has 3 atom stereocenters. The van der Waals surface area contributed by atoms with Crippen LogP contribution < -0.4 is 5.73 Å². The quantitative estimate of drug-likeness (QED) is 0.835. The van der Waals surface area contributed by atoms with Crippen LogP contribution in [0.1, 0.15) is 33.6 Å². The molecular formula is C15H31N3O. The molecule has 4 heteroatoms. The molecule has 2 aliphatic rings. The first-order valence-corrected chi connectivity index (χ1v) is 7.75. The SMILES string of the molecule is CC(C)C1CC(CN)(N2CCN(C)CC2C)CCO1. The maximum atomic E-state index is 6.22. The Hall–Kier alpha value is -0.160. The molecule has 0 aromatic heterocycles. The van der Waals surface area contributed by atoms with Gasteiger partial charge in [-0.2, -0.15) is 0 Å². The van der Waals surface area contributed by atoms with Crippen molar-refractivity contribution in [3.63, 3.8) is 0 Å². The van der Waals surface area contributed by atoms with Crippen molar-refractivity contribution < 1.29 is 4.74 Å². The number of rotatable bonds is 3. The number of hydrogen-bond acceptors (Lipinski definition) is 4. The van der Waals surface area contributed by atoms with E-state index < -0.39 is 0 Å². The maximum absolute atomic E-state index is 6.22. The molecule has 2 heterocycles. The van der Waals surface area contributed by atoms with Gasteiger partial charge in [-0.05, 0) is 32.7 Å². The Morgan fingerprint density at radius 3 is 2.68 bits per heavy atom. The summed E-state index contributed by atoms with van der Waals surface area (Å²) in [4.78, 5) is 5.09. The minimum atomic E-state index is 0.161. The van der Waals surface area contributed by atoms with Crippen molar-refractivity contribution in [1.82, 2.24) is 9.80 Å². The fourth-order valence-corrected chi connectivity index (χ4v) is 3.77. The molecule has 0 bridgehead atoms. The number of piperazine rings is 1. The van der Waals surface area contributed by atoms with Crippen molar-refractivity contribution in [2.75, 3.05) is 39.8 Å². The molecule has 3 unspecified atom stereocenters. The van der Waals surface area contributed by atoms with E-state index in [1.807, 2.05) is 0 Å². The van der Waals surface area contributed by atoms with E-state index >= 15 is 0 Å². The lowest BCUT2D eigenvalue weighted by Crippen LogP contribution is -2.66. The lowest BCUT2D eigenvalue weighted by molar-refractivity contribution is -0.107. The summed E-state index contributed by atoms with van der Waals surface area (Å²) in [6.07, 6.45) is 2.54. The summed E-state index contributed by atoms with van der Waals surface area (Å²) in [5.74, 6) is 0.578. The molecule has 2 rings (SSSR count). The van der Waals surface area contributed by atoms with E-state index in [9.17, 15) is 0 Å². The van der Waals surface area contributed by atoms with Gasteiger partial charge >= 0.3 is 0 Å². The molecule has 0 saturated carbocycles. The number of nitrogens with two attached hydrogens (primary N) is 1. The van der Waals surface area contributed by atoms with Crippen LogP contribution >= 0.6 is 0 Å². The smallest absolute Gasteiger partial charge is 0.0616 e. The standard InChI is InChI=1S/C15H31N3O/c1-12(2)14-9-15(11-16,5-8-19-14)18-7-6-17(4)10-13(18)3/h12-14H,5-11,16H2,1-4H3. The third kappa shape index (κ3) is 3.13. The highest BCUT2D eigenvalue weighted by molar-refractivity contribution is 5.00. The Labute approximate surface area is 118 Å². The Morgan fingerprint density at radius 2 is 2.11 bits per heavy atom. The molecule has 112 valence electrons. The van der Waals surface area contributed by atoms with Crippen molar-refractivity contribution in [3.05, 3.63) is 0 Å². The highest BCUT2D eigenvalue weighted by Crippen LogP contribution is 2.35. The first-order chi connectivity index (χ1) is 8.98. The van der Waals surface area contributed by atoms with Crippen LogP contribution in [-0.2, 0) is 4.74 Å². The molecule has 0 aromatic rings. The van der Waals surface area contributed by atoms with Crippen LogP contribution in [0.4, 0.5) is 0 Å². The molecule has 19 heavy (non-hydrogen) atoms. The summed E-state index contributed by atoms with van der Waals surface area (Å²) in [5, 5.41) is 0. The topological polar surface area (TPSA) is 41.7 Å². The van der Waals surface area contributed by atoms with Gasteiger partial charge in [0.2, 0.25) is 0 Å². The Morgan fingerprint density at radius 1 is 1.37 bits per heavy atom. The highest BCUT2D eigenvalue weighted by atomic mass is 16.5. The number of likely N-dealkylation sites (N-methyl/N-ethyl adjacent to an activating group) is 1. The molecule has 0 amide bonds. The number of nitrogens with zero attached hydrogens (tertiary/aromatic N) is 2. The van der Waals surface area contributed by atoms with Crippen molar-refractivity contribution >= 4 is 0 Å². The number of hydrogen-bond donors (Lipinski definition) is 1. The molecule has 0 radical (unpaired) electrons. The predicted octanol–water partition coefficient (Wildman–Crippen LogP) is 1.15. The van der Waals surface area contributed by atoms with Gasteiger partial charge in [-0.25, -0.2) is 0 Å². The van der Waals surface area contributed by atoms with E-state index in [-0.39, 0.29) is 5.54 Å². The molecule has 0 aliphatic carbocycles. The van der Waals surface area contributed by atoms with Crippen LogP contribution in [0.5, 0.6) is 0 Å². The summed E-state index contributed by atoms with van der Waals surface area (Å²) < 4.78 is 5.95. The van der Waals surface area contributed by atoms with E-state index in [0.717, 1.165) is 45.6 Å². The summed E-state index contributed by atoms with van der Waals surface area (Å²) >= 11 is 0. The first kappa shape index (κ1) is 15.2. The lowest BCUT2D eigenvalue weighted by atomic mass is 9.80. The Kier molecular flexibility index (Phi) is 4.88. The van der Waals surface area contributed by atoms with Gasteiger partial charge < -0.3 is 15.4 Å². The molecule has 2 aliphatic heterocycles. The van der Waals surface area contributed by atoms with Crippen LogP contribution in [0.3, 0.4) is 0 Å². The highest BCUT2D eigenvalue weighted by Gasteiger charge is 2.44. The summed E-state index contributed by atoms with van der Waals surface area (Å²) in [6, 6.07) is 0.591. The molecule has 2 fully saturated rings. The zero-order valence-corrected chi connectivity index (χ0v) is 13.1. The van der Waals surface area contributed by atoms with Crippen LogP contribution in [0, 0.1) is 5.92 Å². The monoisotopic (exact) mass is 269 g/mol. The van der Waals surface area contributed by atoms with Gasteiger partial charge in [0.05, 0.1) is 6.10 Å². The van der Waals surface area contributed by atoms with Crippen LogP contribution in [0.15, 0.2) is 0 Å². The van der Waals surface area contributed by atoms with Gasteiger partial charge in [0, 0.05) is 44.4 Å². The Bertz CT molecular complexity index is 297. The number of ether oxygens (including phenoxy) is 1. The fourth-order valence-electron chi connectivity index (χ4n) is 3.77. The van der Waals surface area contributed by atoms with E-state index in [4.69, 9.17) is 10.5 Å². The lowest BCUT2D eigenvalue weighted by Gasteiger charge is -2.53. The van der Waals surface area contributed by atoms with Crippen LogP contribution in [0.2, 0.25) is 0 Å².